The quantitative estimate of drug-likeness (QED) is 0.627. The van der Waals surface area contributed by atoms with Crippen molar-refractivity contribution in [1.82, 2.24) is 4.98 Å². The number of ether oxygens (including phenoxy) is 1. The molecule has 3 rings (SSSR count). The van der Waals surface area contributed by atoms with Crippen LogP contribution < -0.4 is 4.90 Å². The van der Waals surface area contributed by atoms with E-state index < -0.39 is 0 Å². The Morgan fingerprint density at radius 2 is 2.27 bits per heavy atom. The average Bonchev–Trinajstić information content (AvgIpc) is 3.04. The van der Waals surface area contributed by atoms with E-state index in [2.05, 4.69) is 16.8 Å². The summed E-state index contributed by atoms with van der Waals surface area (Å²) < 4.78 is 5.69. The topological polar surface area (TPSA) is 68.5 Å². The predicted octanol–water partition coefficient (Wildman–Crippen LogP) is 3.15. The van der Waals surface area contributed by atoms with Crippen LogP contribution in [0.1, 0.15) is 19.8 Å². The molecule has 6 heteroatoms. The minimum atomic E-state index is -0.386. The predicted molar refractivity (Wildman–Crippen MR) is 85.3 cm³/mol. The molecule has 1 aliphatic rings. The Morgan fingerprint density at radius 1 is 1.41 bits per heavy atom. The molecule has 1 aromatic heterocycles. The molecule has 1 atom stereocenters. The number of non-ortho nitro benzene ring substituents is 1. The van der Waals surface area contributed by atoms with Gasteiger partial charge < -0.3 is 9.64 Å². The smallest absolute Gasteiger partial charge is 0.270 e. The van der Waals surface area contributed by atoms with Crippen LogP contribution >= 0.6 is 0 Å². The zero-order chi connectivity index (χ0) is 15.5. The number of rotatable bonds is 5. The van der Waals surface area contributed by atoms with Gasteiger partial charge in [-0.2, -0.15) is 0 Å². The van der Waals surface area contributed by atoms with Crippen molar-refractivity contribution in [1.29, 1.82) is 0 Å². The molecule has 1 unspecified atom stereocenters. The van der Waals surface area contributed by atoms with Crippen LogP contribution in [0.25, 0.3) is 10.9 Å². The average molecular weight is 301 g/mol. The van der Waals surface area contributed by atoms with Gasteiger partial charge in [0.2, 0.25) is 0 Å². The Labute approximate surface area is 128 Å². The van der Waals surface area contributed by atoms with Crippen LogP contribution in [-0.4, -0.2) is 35.7 Å². The van der Waals surface area contributed by atoms with E-state index in [0.29, 0.717) is 0 Å². The standard InChI is InChI=1S/C16H19N3O3/c1-2-18(11-14-4-3-9-22-14)16-8-5-12-10-13(19(20)21)6-7-15(12)17-16/h5-8,10,14H,2-4,9,11H2,1H3. The van der Waals surface area contributed by atoms with Crippen molar-refractivity contribution in [3.8, 4) is 0 Å². The minimum absolute atomic E-state index is 0.0914. The van der Waals surface area contributed by atoms with Gasteiger partial charge in [-0.1, -0.05) is 0 Å². The number of benzene rings is 1. The summed E-state index contributed by atoms with van der Waals surface area (Å²) in [6, 6.07) is 8.57. The molecule has 1 aromatic carbocycles. The summed E-state index contributed by atoms with van der Waals surface area (Å²) >= 11 is 0. The Morgan fingerprint density at radius 3 is 2.95 bits per heavy atom. The first-order valence-corrected chi connectivity index (χ1v) is 7.59. The van der Waals surface area contributed by atoms with E-state index >= 15 is 0 Å². The monoisotopic (exact) mass is 301 g/mol. The van der Waals surface area contributed by atoms with Crippen LogP contribution in [0.15, 0.2) is 30.3 Å². The lowest BCUT2D eigenvalue weighted by Crippen LogP contribution is -2.32. The van der Waals surface area contributed by atoms with Crippen molar-refractivity contribution < 1.29 is 9.66 Å². The van der Waals surface area contributed by atoms with Gasteiger partial charge in [-0.15, -0.1) is 0 Å². The fraction of sp³-hybridized carbons (Fsp3) is 0.438. The van der Waals surface area contributed by atoms with Crippen molar-refractivity contribution in [2.45, 2.75) is 25.9 Å². The minimum Gasteiger partial charge on any atom is -0.376 e. The van der Waals surface area contributed by atoms with E-state index in [-0.39, 0.29) is 16.7 Å². The number of anilines is 1. The van der Waals surface area contributed by atoms with E-state index in [1.807, 2.05) is 12.1 Å². The molecule has 0 spiro atoms. The van der Waals surface area contributed by atoms with Crippen LogP contribution in [0.4, 0.5) is 11.5 Å². The van der Waals surface area contributed by atoms with Gasteiger partial charge in [0.25, 0.3) is 5.69 Å². The molecule has 0 radical (unpaired) electrons. The summed E-state index contributed by atoms with van der Waals surface area (Å²) in [7, 11) is 0. The van der Waals surface area contributed by atoms with Gasteiger partial charge in [0.05, 0.1) is 16.5 Å². The van der Waals surface area contributed by atoms with E-state index in [4.69, 9.17) is 4.74 Å². The second-order valence-electron chi connectivity index (χ2n) is 5.48. The number of pyridine rings is 1. The third kappa shape index (κ3) is 3.01. The number of hydrogen-bond donors (Lipinski definition) is 0. The SMILES string of the molecule is CCN(CC1CCCO1)c1ccc2cc([N+](=O)[O-])ccc2n1. The largest absolute Gasteiger partial charge is 0.376 e. The van der Waals surface area contributed by atoms with Gasteiger partial charge >= 0.3 is 0 Å². The molecule has 116 valence electrons. The van der Waals surface area contributed by atoms with Gasteiger partial charge in [0.1, 0.15) is 5.82 Å². The van der Waals surface area contributed by atoms with E-state index in [9.17, 15) is 10.1 Å². The summed E-state index contributed by atoms with van der Waals surface area (Å²) in [6.45, 7) is 4.63. The highest BCUT2D eigenvalue weighted by Gasteiger charge is 2.19. The van der Waals surface area contributed by atoms with Crippen LogP contribution in [-0.2, 0) is 4.74 Å². The second-order valence-corrected chi connectivity index (χ2v) is 5.48. The van der Waals surface area contributed by atoms with Gasteiger partial charge in [-0.25, -0.2) is 4.98 Å². The first-order valence-electron chi connectivity index (χ1n) is 7.59. The van der Waals surface area contributed by atoms with Crippen molar-refractivity contribution in [3.05, 3.63) is 40.4 Å². The van der Waals surface area contributed by atoms with Crippen molar-refractivity contribution in [3.63, 3.8) is 0 Å². The molecule has 6 nitrogen and oxygen atoms in total. The Hall–Kier alpha value is -2.21. The maximum Gasteiger partial charge on any atom is 0.270 e. The fourth-order valence-electron chi connectivity index (χ4n) is 2.81. The number of fused-ring (bicyclic) bond motifs is 1. The lowest BCUT2D eigenvalue weighted by molar-refractivity contribution is -0.384. The number of nitro benzene ring substituents is 1. The third-order valence-corrected chi connectivity index (χ3v) is 4.02. The maximum atomic E-state index is 10.8. The highest BCUT2D eigenvalue weighted by Crippen LogP contribution is 2.23. The summed E-state index contributed by atoms with van der Waals surface area (Å²) in [6.07, 6.45) is 2.49. The van der Waals surface area contributed by atoms with Gasteiger partial charge in [0.15, 0.2) is 0 Å². The van der Waals surface area contributed by atoms with Crippen LogP contribution in [0.5, 0.6) is 0 Å². The number of aromatic nitrogens is 1. The second kappa shape index (κ2) is 6.27. The molecule has 22 heavy (non-hydrogen) atoms. The number of nitrogens with zero attached hydrogens (tertiary/aromatic N) is 3. The van der Waals surface area contributed by atoms with E-state index in [0.717, 1.165) is 49.3 Å². The normalized spacial score (nSPS) is 17.8. The highest BCUT2D eigenvalue weighted by molar-refractivity contribution is 5.82. The lowest BCUT2D eigenvalue weighted by Gasteiger charge is -2.25. The van der Waals surface area contributed by atoms with Crippen LogP contribution in [0.3, 0.4) is 0 Å². The van der Waals surface area contributed by atoms with Crippen molar-refractivity contribution in [2.75, 3.05) is 24.6 Å². The van der Waals surface area contributed by atoms with Crippen molar-refractivity contribution in [2.24, 2.45) is 0 Å². The number of hydrogen-bond acceptors (Lipinski definition) is 5. The molecule has 1 fully saturated rings. The zero-order valence-corrected chi connectivity index (χ0v) is 12.6. The first kappa shape index (κ1) is 14.7. The Bertz CT molecular complexity index is 683. The lowest BCUT2D eigenvalue weighted by atomic mass is 10.2. The first-order chi connectivity index (χ1) is 10.7. The van der Waals surface area contributed by atoms with Crippen LogP contribution in [0.2, 0.25) is 0 Å². The summed E-state index contributed by atoms with van der Waals surface area (Å²) in [5.74, 6) is 0.888. The van der Waals surface area contributed by atoms with Gasteiger partial charge in [-0.3, -0.25) is 10.1 Å². The van der Waals surface area contributed by atoms with Crippen molar-refractivity contribution >= 4 is 22.4 Å². The Kier molecular flexibility index (Phi) is 4.20. The van der Waals surface area contributed by atoms with Gasteiger partial charge in [-0.05, 0) is 38.0 Å². The number of likely N-dealkylation sites (N-methyl/N-ethyl adjacent to an activating group) is 1. The van der Waals surface area contributed by atoms with E-state index in [1.165, 1.54) is 6.07 Å². The Balaban J connectivity index is 1.86. The summed E-state index contributed by atoms with van der Waals surface area (Å²) in [5.41, 5.74) is 0.864. The third-order valence-electron chi connectivity index (χ3n) is 4.02. The molecule has 0 amide bonds. The molecule has 1 aliphatic heterocycles. The van der Waals surface area contributed by atoms with E-state index in [1.54, 1.807) is 12.1 Å². The highest BCUT2D eigenvalue weighted by atomic mass is 16.6. The fourth-order valence-corrected chi connectivity index (χ4v) is 2.81. The number of nitro groups is 1. The molecule has 0 bridgehead atoms. The van der Waals surface area contributed by atoms with Crippen LogP contribution in [0, 0.1) is 10.1 Å². The summed E-state index contributed by atoms with van der Waals surface area (Å²) in [5, 5.41) is 11.6. The zero-order valence-electron chi connectivity index (χ0n) is 12.6. The molecular weight excluding hydrogens is 282 g/mol. The molecule has 0 aliphatic carbocycles. The molecule has 2 aromatic rings. The molecular formula is C16H19N3O3. The molecule has 0 saturated carbocycles. The molecule has 2 heterocycles. The maximum absolute atomic E-state index is 10.8. The molecule has 0 N–H and O–H groups in total. The van der Waals surface area contributed by atoms with Gasteiger partial charge in [0, 0.05) is 37.2 Å². The summed E-state index contributed by atoms with van der Waals surface area (Å²) in [4.78, 5) is 17.3. The molecule has 1 saturated heterocycles.